The van der Waals surface area contributed by atoms with Gasteiger partial charge in [-0.25, -0.2) is 0 Å². The fourth-order valence-electron chi connectivity index (χ4n) is 4.41. The molecule has 4 unspecified atom stereocenters. The van der Waals surface area contributed by atoms with E-state index in [0.29, 0.717) is 18.5 Å². The predicted octanol–water partition coefficient (Wildman–Crippen LogP) is 4.00. The van der Waals surface area contributed by atoms with Crippen LogP contribution in [0, 0.1) is 5.92 Å². The fraction of sp³-hybridized carbons (Fsp3) is 0.667. The number of rotatable bonds is 6. The second-order valence-electron chi connectivity index (χ2n) is 8.48. The van der Waals surface area contributed by atoms with E-state index in [1.165, 1.54) is 31.2 Å². The number of carbonyl (C=O) groups excluding carboxylic acids is 1. The zero-order valence-corrected chi connectivity index (χ0v) is 18.3. The molecule has 27 heavy (non-hydrogen) atoms. The van der Waals surface area contributed by atoms with Crippen LogP contribution in [0.1, 0.15) is 64.5 Å². The summed E-state index contributed by atoms with van der Waals surface area (Å²) in [6.07, 6.45) is 6.15. The Morgan fingerprint density at radius 2 is 1.85 bits per heavy atom. The van der Waals surface area contributed by atoms with Crippen molar-refractivity contribution in [1.29, 1.82) is 0 Å². The summed E-state index contributed by atoms with van der Waals surface area (Å²) < 4.78 is 0. The van der Waals surface area contributed by atoms with E-state index >= 15 is 0 Å². The van der Waals surface area contributed by atoms with Gasteiger partial charge in [0.25, 0.3) is 0 Å². The standard InChI is InChI=1S/C21H33N3O.2ClH/c1-15(16-9-5-4-6-10-16)24-21(2,3)14-22-20(25)19-13-17-11-7-8-12-18(17)23-19;;/h4-6,9-10,15,17-19,23-24H,7-8,11-14H2,1-3H3,(H,22,25);2*1H. The summed E-state index contributed by atoms with van der Waals surface area (Å²) >= 11 is 0. The van der Waals surface area contributed by atoms with Crippen LogP contribution in [0.3, 0.4) is 0 Å². The molecule has 3 N–H and O–H groups in total. The highest BCUT2D eigenvalue weighted by Crippen LogP contribution is 2.33. The maximum Gasteiger partial charge on any atom is 0.237 e. The summed E-state index contributed by atoms with van der Waals surface area (Å²) in [5.74, 6) is 0.866. The Balaban J connectivity index is 0.00000182. The van der Waals surface area contributed by atoms with Crippen LogP contribution in [0.5, 0.6) is 0 Å². The second-order valence-corrected chi connectivity index (χ2v) is 8.48. The topological polar surface area (TPSA) is 53.2 Å². The van der Waals surface area contributed by atoms with Crippen molar-refractivity contribution in [2.45, 2.75) is 76.5 Å². The van der Waals surface area contributed by atoms with E-state index in [1.807, 2.05) is 6.07 Å². The van der Waals surface area contributed by atoms with Crippen molar-refractivity contribution in [3.8, 4) is 0 Å². The first kappa shape index (κ1) is 24.2. The third-order valence-electron chi connectivity index (χ3n) is 5.79. The molecule has 4 nitrogen and oxygen atoms in total. The van der Waals surface area contributed by atoms with Gasteiger partial charge in [-0.15, -0.1) is 24.8 Å². The number of halogens is 2. The summed E-state index contributed by atoms with van der Waals surface area (Å²) in [5, 5.41) is 10.4. The van der Waals surface area contributed by atoms with E-state index in [1.54, 1.807) is 0 Å². The van der Waals surface area contributed by atoms with Gasteiger partial charge in [0.15, 0.2) is 0 Å². The number of carbonyl (C=O) groups is 1. The van der Waals surface area contributed by atoms with Crippen LogP contribution in [0.25, 0.3) is 0 Å². The highest BCUT2D eigenvalue weighted by atomic mass is 35.5. The second kappa shape index (κ2) is 10.7. The van der Waals surface area contributed by atoms with Gasteiger partial charge in [0.1, 0.15) is 0 Å². The third-order valence-corrected chi connectivity index (χ3v) is 5.79. The Bertz CT molecular complexity index is 568. The molecule has 1 amide bonds. The maximum atomic E-state index is 12.6. The van der Waals surface area contributed by atoms with E-state index in [2.05, 4.69) is 61.0 Å². The molecule has 154 valence electrons. The summed E-state index contributed by atoms with van der Waals surface area (Å²) in [6.45, 7) is 7.10. The number of amides is 1. The minimum atomic E-state index is -0.156. The van der Waals surface area contributed by atoms with E-state index < -0.39 is 0 Å². The van der Waals surface area contributed by atoms with Gasteiger partial charge in [0, 0.05) is 24.2 Å². The Kier molecular flexibility index (Phi) is 9.56. The summed E-state index contributed by atoms with van der Waals surface area (Å²) in [7, 11) is 0. The normalized spacial score (nSPS) is 25.5. The number of nitrogens with one attached hydrogen (secondary N) is 3. The lowest BCUT2D eigenvalue weighted by atomic mass is 9.85. The van der Waals surface area contributed by atoms with Crippen LogP contribution in [0.15, 0.2) is 30.3 Å². The molecule has 1 saturated heterocycles. The largest absolute Gasteiger partial charge is 0.353 e. The molecule has 1 aromatic rings. The SMILES string of the molecule is CC(NC(C)(C)CNC(=O)C1CC2CCCCC2N1)c1ccccc1.Cl.Cl. The average Bonchev–Trinajstić information content (AvgIpc) is 3.04. The van der Waals surface area contributed by atoms with Crippen molar-refractivity contribution < 1.29 is 4.79 Å². The zero-order chi connectivity index (χ0) is 17.9. The van der Waals surface area contributed by atoms with Crippen molar-refractivity contribution in [1.82, 2.24) is 16.0 Å². The molecule has 6 heteroatoms. The van der Waals surface area contributed by atoms with E-state index in [0.717, 1.165) is 6.42 Å². The molecule has 2 aliphatic rings. The molecule has 0 bridgehead atoms. The lowest BCUT2D eigenvalue weighted by molar-refractivity contribution is -0.123. The maximum absolute atomic E-state index is 12.6. The molecule has 0 spiro atoms. The molecule has 3 rings (SSSR count). The lowest BCUT2D eigenvalue weighted by Crippen LogP contribution is -2.52. The fourth-order valence-corrected chi connectivity index (χ4v) is 4.41. The van der Waals surface area contributed by atoms with E-state index in [9.17, 15) is 4.79 Å². The number of hydrogen-bond acceptors (Lipinski definition) is 3. The first-order valence-electron chi connectivity index (χ1n) is 9.81. The minimum Gasteiger partial charge on any atom is -0.353 e. The van der Waals surface area contributed by atoms with Gasteiger partial charge in [-0.1, -0.05) is 43.2 Å². The third kappa shape index (κ3) is 6.63. The van der Waals surface area contributed by atoms with Gasteiger partial charge >= 0.3 is 0 Å². The Hall–Kier alpha value is -0.810. The molecule has 0 radical (unpaired) electrons. The van der Waals surface area contributed by atoms with Crippen molar-refractivity contribution >= 4 is 30.7 Å². The molecule has 4 atom stereocenters. The lowest BCUT2D eigenvalue weighted by Gasteiger charge is -2.31. The van der Waals surface area contributed by atoms with Crippen LogP contribution in [-0.2, 0) is 4.79 Å². The first-order valence-corrected chi connectivity index (χ1v) is 9.81. The smallest absolute Gasteiger partial charge is 0.237 e. The van der Waals surface area contributed by atoms with Gasteiger partial charge < -0.3 is 16.0 Å². The Morgan fingerprint density at radius 3 is 2.52 bits per heavy atom. The molecule has 0 aromatic heterocycles. The van der Waals surface area contributed by atoms with Gasteiger partial charge in [0.05, 0.1) is 6.04 Å². The summed E-state index contributed by atoms with van der Waals surface area (Å²) in [6, 6.07) is 11.2. The number of benzene rings is 1. The van der Waals surface area contributed by atoms with Gasteiger partial charge in [0.2, 0.25) is 5.91 Å². The van der Waals surface area contributed by atoms with Crippen LogP contribution in [0.2, 0.25) is 0 Å². The van der Waals surface area contributed by atoms with Crippen molar-refractivity contribution in [2.75, 3.05) is 6.54 Å². The van der Waals surface area contributed by atoms with Gasteiger partial charge in [-0.3, -0.25) is 4.79 Å². The van der Waals surface area contributed by atoms with Crippen LogP contribution in [0.4, 0.5) is 0 Å². The van der Waals surface area contributed by atoms with E-state index in [4.69, 9.17) is 0 Å². The molecule has 1 aliphatic carbocycles. The molecular weight excluding hydrogens is 381 g/mol. The highest BCUT2D eigenvalue weighted by Gasteiger charge is 2.38. The predicted molar refractivity (Wildman–Crippen MR) is 117 cm³/mol. The van der Waals surface area contributed by atoms with Crippen LogP contribution < -0.4 is 16.0 Å². The molecular formula is C21H35Cl2N3O. The van der Waals surface area contributed by atoms with Gasteiger partial charge in [-0.2, -0.15) is 0 Å². The Labute approximate surface area is 176 Å². The monoisotopic (exact) mass is 415 g/mol. The number of hydrogen-bond donors (Lipinski definition) is 3. The van der Waals surface area contributed by atoms with E-state index in [-0.39, 0.29) is 48.3 Å². The minimum absolute atomic E-state index is 0. The van der Waals surface area contributed by atoms with Gasteiger partial charge in [-0.05, 0) is 51.5 Å². The molecule has 1 aliphatic heterocycles. The van der Waals surface area contributed by atoms with Crippen molar-refractivity contribution in [3.05, 3.63) is 35.9 Å². The summed E-state index contributed by atoms with van der Waals surface area (Å²) in [5.41, 5.74) is 1.11. The average molecular weight is 416 g/mol. The first-order chi connectivity index (χ1) is 11.9. The molecule has 1 saturated carbocycles. The Morgan fingerprint density at radius 1 is 1.19 bits per heavy atom. The summed E-state index contributed by atoms with van der Waals surface area (Å²) in [4.78, 5) is 12.6. The van der Waals surface area contributed by atoms with Crippen LogP contribution in [-0.4, -0.2) is 30.1 Å². The van der Waals surface area contributed by atoms with Crippen molar-refractivity contribution in [3.63, 3.8) is 0 Å². The van der Waals surface area contributed by atoms with Crippen molar-refractivity contribution in [2.24, 2.45) is 5.92 Å². The highest BCUT2D eigenvalue weighted by molar-refractivity contribution is 5.85. The quantitative estimate of drug-likeness (QED) is 0.657. The molecule has 2 fully saturated rings. The molecule has 1 heterocycles. The molecule has 1 aromatic carbocycles. The zero-order valence-electron chi connectivity index (χ0n) is 16.7. The van der Waals surface area contributed by atoms with Crippen LogP contribution >= 0.6 is 24.8 Å². The number of fused-ring (bicyclic) bond motifs is 1.